The van der Waals surface area contributed by atoms with E-state index in [-0.39, 0.29) is 35.6 Å². The molecule has 0 aliphatic carbocycles. The van der Waals surface area contributed by atoms with Crippen LogP contribution in [0.4, 0.5) is 0 Å². The van der Waals surface area contributed by atoms with Gasteiger partial charge in [-0.25, -0.2) is 4.98 Å². The number of ketones is 1. The van der Waals surface area contributed by atoms with Crippen LogP contribution in [0.1, 0.15) is 63.7 Å². The molecule has 9 N–H and O–H groups in total. The topological polar surface area (TPSA) is 231 Å². The first-order valence-electron chi connectivity index (χ1n) is 13.0. The summed E-state index contributed by atoms with van der Waals surface area (Å²) in [6.07, 6.45) is 2.40. The van der Waals surface area contributed by atoms with Crippen LogP contribution < -0.4 is 32.7 Å². The molecule has 40 heavy (non-hydrogen) atoms. The smallest absolute Gasteiger partial charge is 0.245 e. The maximum absolute atomic E-state index is 13.2. The standard InChI is InChI=1S/C25H42N8O6S/c1-13(2)11-17(20(36)24-28-9-10-40-24)31-23(39)19(14(3)4)33-22(38)18(12-34)32-21(37)16(30-15(5)35)7-6-8-29-25(26)27/h9-10,13-14,16-19,34H,6-8,11-12H2,1-5H3,(H,30,35)(H,31,39)(H,32,37)(H,33,38)(H4,26,27,29)/t16-,17-,18-,19-/m0/s1. The highest BCUT2D eigenvalue weighted by Crippen LogP contribution is 2.14. The molecule has 15 heteroatoms. The zero-order valence-corrected chi connectivity index (χ0v) is 24.4. The van der Waals surface area contributed by atoms with E-state index < -0.39 is 60.3 Å². The van der Waals surface area contributed by atoms with Crippen molar-refractivity contribution in [2.75, 3.05) is 13.2 Å². The summed E-state index contributed by atoms with van der Waals surface area (Å²) in [5.41, 5.74) is 10.6. The largest absolute Gasteiger partial charge is 0.394 e. The van der Waals surface area contributed by atoms with Crippen molar-refractivity contribution in [1.29, 1.82) is 0 Å². The number of hydrogen-bond acceptors (Lipinski definition) is 9. The highest BCUT2D eigenvalue weighted by molar-refractivity contribution is 7.11. The molecule has 0 aliphatic rings. The SMILES string of the molecule is CC(=O)N[C@@H](CCCN=C(N)N)C(=O)N[C@@H](CO)C(=O)N[C@H](C(=O)N[C@@H](CC(C)C)C(=O)c1nccs1)C(C)C. The molecule has 0 fully saturated rings. The van der Waals surface area contributed by atoms with E-state index in [2.05, 4.69) is 31.2 Å². The number of rotatable bonds is 17. The van der Waals surface area contributed by atoms with Gasteiger partial charge in [-0.05, 0) is 31.1 Å². The molecule has 1 aromatic rings. The summed E-state index contributed by atoms with van der Waals surface area (Å²) in [5, 5.41) is 22.0. The van der Waals surface area contributed by atoms with Crippen molar-refractivity contribution in [3.05, 3.63) is 16.6 Å². The number of aliphatic hydroxyl groups excluding tert-OH is 1. The average Bonchev–Trinajstić information content (AvgIpc) is 3.40. The third-order valence-corrected chi connectivity index (χ3v) is 6.47. The van der Waals surface area contributed by atoms with Crippen molar-refractivity contribution >= 4 is 46.7 Å². The van der Waals surface area contributed by atoms with Crippen molar-refractivity contribution in [2.45, 2.75) is 78.0 Å². The summed E-state index contributed by atoms with van der Waals surface area (Å²) >= 11 is 1.17. The molecule has 4 amide bonds. The monoisotopic (exact) mass is 582 g/mol. The molecule has 0 aliphatic heterocycles. The van der Waals surface area contributed by atoms with Gasteiger partial charge in [0.2, 0.25) is 29.4 Å². The molecule has 0 spiro atoms. The number of aliphatic hydroxyl groups is 1. The van der Waals surface area contributed by atoms with Gasteiger partial charge in [0.05, 0.1) is 12.6 Å². The van der Waals surface area contributed by atoms with Gasteiger partial charge in [-0.1, -0.05) is 27.7 Å². The molecule has 0 saturated carbocycles. The first-order valence-corrected chi connectivity index (χ1v) is 13.9. The second-order valence-electron chi connectivity index (χ2n) is 10.1. The minimum atomic E-state index is -1.40. The Morgan fingerprint density at radius 1 is 0.950 bits per heavy atom. The van der Waals surface area contributed by atoms with Gasteiger partial charge in [0.25, 0.3) is 0 Å². The van der Waals surface area contributed by atoms with Gasteiger partial charge < -0.3 is 37.8 Å². The van der Waals surface area contributed by atoms with Crippen molar-refractivity contribution in [1.82, 2.24) is 26.3 Å². The number of hydrogen-bond donors (Lipinski definition) is 7. The molecule has 224 valence electrons. The van der Waals surface area contributed by atoms with Gasteiger partial charge in [0.15, 0.2) is 11.0 Å². The molecule has 1 rings (SSSR count). The van der Waals surface area contributed by atoms with Crippen LogP contribution in [-0.4, -0.2) is 82.8 Å². The summed E-state index contributed by atoms with van der Waals surface area (Å²) in [5.74, 6) is -3.30. The number of carbonyl (C=O) groups is 5. The van der Waals surface area contributed by atoms with Crippen LogP contribution in [0.3, 0.4) is 0 Å². The number of carbonyl (C=O) groups excluding carboxylic acids is 5. The zero-order valence-electron chi connectivity index (χ0n) is 23.6. The maximum Gasteiger partial charge on any atom is 0.245 e. The van der Waals surface area contributed by atoms with Crippen LogP contribution >= 0.6 is 11.3 Å². The van der Waals surface area contributed by atoms with Gasteiger partial charge >= 0.3 is 0 Å². The van der Waals surface area contributed by atoms with Crippen LogP contribution in [0, 0.1) is 11.8 Å². The van der Waals surface area contributed by atoms with Crippen LogP contribution in [0.15, 0.2) is 16.6 Å². The van der Waals surface area contributed by atoms with Crippen LogP contribution in [-0.2, 0) is 19.2 Å². The molecule has 0 radical (unpaired) electrons. The Morgan fingerprint density at radius 2 is 1.57 bits per heavy atom. The minimum absolute atomic E-state index is 0.0892. The Balaban J connectivity index is 2.95. The molecule has 14 nitrogen and oxygen atoms in total. The lowest BCUT2D eigenvalue weighted by Crippen LogP contribution is -2.59. The van der Waals surface area contributed by atoms with Gasteiger partial charge in [0, 0.05) is 25.0 Å². The number of amides is 4. The predicted molar refractivity (Wildman–Crippen MR) is 151 cm³/mol. The lowest BCUT2D eigenvalue weighted by atomic mass is 9.98. The van der Waals surface area contributed by atoms with Crippen LogP contribution in [0.5, 0.6) is 0 Å². The van der Waals surface area contributed by atoms with Crippen molar-refractivity contribution < 1.29 is 29.1 Å². The van der Waals surface area contributed by atoms with E-state index in [9.17, 15) is 29.1 Å². The number of aromatic nitrogens is 1. The molecular formula is C25H42N8O6S. The molecule has 0 bridgehead atoms. The second kappa shape index (κ2) is 17.2. The summed E-state index contributed by atoms with van der Waals surface area (Å²) in [6, 6.07) is -4.32. The molecule has 0 aromatic carbocycles. The third-order valence-electron chi connectivity index (χ3n) is 5.68. The fourth-order valence-corrected chi connectivity index (χ4v) is 4.36. The quantitative estimate of drug-likeness (QED) is 0.0518. The van der Waals surface area contributed by atoms with Crippen molar-refractivity contribution in [3.63, 3.8) is 0 Å². The summed E-state index contributed by atoms with van der Waals surface area (Å²) in [6.45, 7) is 7.96. The Bertz CT molecular complexity index is 1030. The molecular weight excluding hydrogens is 540 g/mol. The van der Waals surface area contributed by atoms with Crippen LogP contribution in [0.25, 0.3) is 0 Å². The van der Waals surface area contributed by atoms with Gasteiger partial charge in [-0.3, -0.25) is 29.0 Å². The molecule has 1 aromatic heterocycles. The molecule has 0 unspecified atom stereocenters. The number of thiazole rings is 1. The first-order chi connectivity index (χ1) is 18.8. The Hall–Kier alpha value is -3.59. The maximum atomic E-state index is 13.2. The Morgan fingerprint density at radius 3 is 2.08 bits per heavy atom. The fraction of sp³-hybridized carbons (Fsp3) is 0.640. The normalized spacial score (nSPS) is 14.0. The Kier molecular flexibility index (Phi) is 14.8. The lowest BCUT2D eigenvalue weighted by Gasteiger charge is -2.27. The highest BCUT2D eigenvalue weighted by atomic mass is 32.1. The van der Waals surface area contributed by atoms with Gasteiger partial charge in [-0.2, -0.15) is 0 Å². The first kappa shape index (κ1) is 34.4. The molecule has 4 atom stereocenters. The minimum Gasteiger partial charge on any atom is -0.394 e. The predicted octanol–water partition coefficient (Wildman–Crippen LogP) is -0.967. The number of nitrogens with zero attached hydrogens (tertiary/aromatic N) is 2. The van der Waals surface area contributed by atoms with E-state index in [1.807, 2.05) is 13.8 Å². The van der Waals surface area contributed by atoms with Crippen molar-refractivity contribution in [2.24, 2.45) is 28.3 Å². The summed E-state index contributed by atoms with van der Waals surface area (Å²) in [7, 11) is 0. The molecule has 0 saturated heterocycles. The number of Topliss-reactive ketones (excluding diaryl/α,β-unsaturated/α-hetero) is 1. The average molecular weight is 583 g/mol. The highest BCUT2D eigenvalue weighted by Gasteiger charge is 2.33. The Labute approximate surface area is 238 Å². The lowest BCUT2D eigenvalue weighted by molar-refractivity contribution is -0.135. The second-order valence-corrected chi connectivity index (χ2v) is 11.0. The van der Waals surface area contributed by atoms with Crippen molar-refractivity contribution in [3.8, 4) is 0 Å². The summed E-state index contributed by atoms with van der Waals surface area (Å²) < 4.78 is 0. The van der Waals surface area contributed by atoms with Gasteiger partial charge in [-0.15, -0.1) is 11.3 Å². The van der Waals surface area contributed by atoms with E-state index in [4.69, 9.17) is 11.5 Å². The van der Waals surface area contributed by atoms with E-state index in [1.54, 1.807) is 19.2 Å². The van der Waals surface area contributed by atoms with Gasteiger partial charge in [0.1, 0.15) is 18.1 Å². The van der Waals surface area contributed by atoms with Crippen LogP contribution in [0.2, 0.25) is 0 Å². The number of nitrogens with one attached hydrogen (secondary N) is 4. The van der Waals surface area contributed by atoms with E-state index in [0.29, 0.717) is 12.8 Å². The summed E-state index contributed by atoms with van der Waals surface area (Å²) in [4.78, 5) is 71.5. The third kappa shape index (κ3) is 12.1. The van der Waals surface area contributed by atoms with E-state index >= 15 is 0 Å². The fourth-order valence-electron chi connectivity index (χ4n) is 3.73. The number of guanidine groups is 1. The number of nitrogens with two attached hydrogens (primary N) is 2. The van der Waals surface area contributed by atoms with E-state index in [0.717, 1.165) is 0 Å². The number of aliphatic imine (C=N–C) groups is 1. The zero-order chi connectivity index (χ0) is 30.4. The van der Waals surface area contributed by atoms with E-state index in [1.165, 1.54) is 24.5 Å². The molecule has 1 heterocycles.